The van der Waals surface area contributed by atoms with E-state index >= 15 is 0 Å². The molecule has 21 heavy (non-hydrogen) atoms. The van der Waals surface area contributed by atoms with Crippen LogP contribution in [-0.2, 0) is 4.84 Å². The molecule has 1 aromatic carbocycles. The van der Waals surface area contributed by atoms with Gasteiger partial charge in [0.05, 0.1) is 10.0 Å². The van der Waals surface area contributed by atoms with Gasteiger partial charge in [-0.3, -0.25) is 4.90 Å². The summed E-state index contributed by atoms with van der Waals surface area (Å²) in [6.07, 6.45) is 5.58. The van der Waals surface area contributed by atoms with E-state index in [1.54, 1.807) is 7.11 Å². The van der Waals surface area contributed by atoms with Crippen molar-refractivity contribution < 1.29 is 4.84 Å². The maximum absolute atomic E-state index is 6.20. The van der Waals surface area contributed by atoms with E-state index in [1.807, 2.05) is 18.3 Å². The van der Waals surface area contributed by atoms with E-state index in [0.29, 0.717) is 34.0 Å². The maximum atomic E-state index is 6.20. The minimum Gasteiger partial charge on any atom is -0.399 e. The van der Waals surface area contributed by atoms with Gasteiger partial charge in [0.1, 0.15) is 7.11 Å². The van der Waals surface area contributed by atoms with Crippen LogP contribution in [-0.4, -0.2) is 37.4 Å². The van der Waals surface area contributed by atoms with Crippen molar-refractivity contribution in [2.45, 2.75) is 37.3 Å². The molecule has 0 saturated carbocycles. The summed E-state index contributed by atoms with van der Waals surface area (Å²) in [7, 11) is 3.82. The largest absolute Gasteiger partial charge is 0.399 e. The zero-order valence-electron chi connectivity index (χ0n) is 12.3. The molecule has 0 radical (unpaired) electrons. The van der Waals surface area contributed by atoms with Crippen LogP contribution in [0.4, 0.5) is 0 Å². The molecule has 4 atom stereocenters. The fourth-order valence-corrected chi connectivity index (χ4v) is 4.25. The lowest BCUT2D eigenvalue weighted by atomic mass is 9.76. The van der Waals surface area contributed by atoms with Crippen LogP contribution in [0.1, 0.15) is 30.7 Å². The van der Waals surface area contributed by atoms with Crippen LogP contribution in [0.15, 0.2) is 23.4 Å². The Hall–Kier alpha value is -0.770. The van der Waals surface area contributed by atoms with Crippen LogP contribution >= 0.6 is 23.2 Å². The van der Waals surface area contributed by atoms with Crippen LogP contribution in [0.2, 0.25) is 10.0 Å². The van der Waals surface area contributed by atoms with Gasteiger partial charge in [0, 0.05) is 24.2 Å². The highest BCUT2D eigenvalue weighted by atomic mass is 35.5. The predicted molar refractivity (Wildman–Crippen MR) is 87.4 cm³/mol. The number of fused-ring (bicyclic) bond motifs is 2. The van der Waals surface area contributed by atoms with Gasteiger partial charge < -0.3 is 4.84 Å². The Balaban J connectivity index is 1.94. The Morgan fingerprint density at radius 2 is 2.10 bits per heavy atom. The van der Waals surface area contributed by atoms with Crippen molar-refractivity contribution in [1.29, 1.82) is 0 Å². The summed E-state index contributed by atoms with van der Waals surface area (Å²) < 4.78 is 0. The Bertz CT molecular complexity index is 549. The summed E-state index contributed by atoms with van der Waals surface area (Å²) in [6.45, 7) is 0. The summed E-state index contributed by atoms with van der Waals surface area (Å²) in [5, 5.41) is 5.29. The smallest absolute Gasteiger partial charge is 0.106 e. The lowest BCUT2D eigenvalue weighted by molar-refractivity contribution is 0.131. The second kappa shape index (κ2) is 6.15. The van der Waals surface area contributed by atoms with Crippen molar-refractivity contribution in [3.05, 3.63) is 33.8 Å². The van der Waals surface area contributed by atoms with Crippen molar-refractivity contribution >= 4 is 29.4 Å². The first-order valence-electron chi connectivity index (χ1n) is 7.35. The number of oxime groups is 1. The number of halogens is 2. The van der Waals surface area contributed by atoms with Crippen molar-refractivity contribution in [2.24, 2.45) is 11.1 Å². The predicted octanol–water partition coefficient (Wildman–Crippen LogP) is 4.19. The molecule has 0 spiro atoms. The van der Waals surface area contributed by atoms with E-state index in [9.17, 15) is 0 Å². The minimum absolute atomic E-state index is 0.353. The number of hydrogen-bond donors (Lipinski definition) is 0. The molecule has 2 fully saturated rings. The van der Waals surface area contributed by atoms with Gasteiger partial charge in [-0.2, -0.15) is 0 Å². The fourth-order valence-electron chi connectivity index (χ4n) is 3.94. The molecule has 0 N–H and O–H groups in total. The van der Waals surface area contributed by atoms with Gasteiger partial charge in [-0.1, -0.05) is 34.4 Å². The highest BCUT2D eigenvalue weighted by Crippen LogP contribution is 2.46. The average molecular weight is 326 g/mol. The van der Waals surface area contributed by atoms with Crippen LogP contribution in [0.25, 0.3) is 0 Å². The van der Waals surface area contributed by atoms with Gasteiger partial charge in [-0.25, -0.2) is 0 Å². The molecule has 2 aliphatic heterocycles. The quantitative estimate of drug-likeness (QED) is 0.614. The van der Waals surface area contributed by atoms with Crippen molar-refractivity contribution in [2.75, 3.05) is 14.2 Å². The molecular weight excluding hydrogens is 306 g/mol. The SMILES string of the molecule is CO/N=C/C1C2CC[C@H](C[C@@H]1c1ccc(Cl)c(Cl)c1)N2[11CH3]. The molecule has 2 unspecified atom stereocenters. The zero-order valence-corrected chi connectivity index (χ0v) is 13.8. The molecule has 0 amide bonds. The van der Waals surface area contributed by atoms with Crippen LogP contribution in [0, 0.1) is 5.92 Å². The number of rotatable bonds is 3. The van der Waals surface area contributed by atoms with Gasteiger partial charge in [0.15, 0.2) is 0 Å². The lowest BCUT2D eigenvalue weighted by Crippen LogP contribution is -2.46. The van der Waals surface area contributed by atoms with E-state index < -0.39 is 0 Å². The monoisotopic (exact) mass is 325 g/mol. The molecule has 0 aromatic heterocycles. The number of nitrogens with zero attached hydrogens (tertiary/aromatic N) is 2. The summed E-state index contributed by atoms with van der Waals surface area (Å²) in [5.41, 5.74) is 1.25. The molecule has 2 saturated heterocycles. The first kappa shape index (κ1) is 15.1. The highest BCUT2D eigenvalue weighted by Gasteiger charge is 2.45. The van der Waals surface area contributed by atoms with Crippen LogP contribution in [0.5, 0.6) is 0 Å². The Labute approximate surface area is 135 Å². The van der Waals surface area contributed by atoms with Crippen LogP contribution < -0.4 is 0 Å². The lowest BCUT2D eigenvalue weighted by Gasteiger charge is -2.41. The minimum atomic E-state index is 0.353. The van der Waals surface area contributed by atoms with E-state index in [2.05, 4.69) is 23.2 Å². The normalized spacial score (nSPS) is 32.8. The summed E-state index contributed by atoms with van der Waals surface area (Å²) >= 11 is 12.2. The Morgan fingerprint density at radius 3 is 2.81 bits per heavy atom. The van der Waals surface area contributed by atoms with Gasteiger partial charge >= 0.3 is 0 Å². The summed E-state index contributed by atoms with van der Waals surface area (Å²) in [4.78, 5) is 7.42. The Kier molecular flexibility index (Phi) is 4.43. The molecule has 2 heterocycles. The molecule has 0 aliphatic carbocycles. The van der Waals surface area contributed by atoms with Gasteiger partial charge in [-0.15, -0.1) is 0 Å². The van der Waals surface area contributed by atoms with Gasteiger partial charge in [0.2, 0.25) is 0 Å². The van der Waals surface area contributed by atoms with E-state index in [1.165, 1.54) is 18.4 Å². The first-order chi connectivity index (χ1) is 10.1. The molecule has 2 aliphatic rings. The second-order valence-corrected chi connectivity index (χ2v) is 6.81. The molecule has 2 bridgehead atoms. The number of benzene rings is 1. The second-order valence-electron chi connectivity index (χ2n) is 5.99. The first-order valence-corrected chi connectivity index (χ1v) is 8.11. The van der Waals surface area contributed by atoms with E-state index in [0.717, 1.165) is 6.42 Å². The standard InChI is InChI=1S/C16H20Cl2N2O/c1-20-11-4-6-16(20)13(9-19-21-2)12(8-11)10-3-5-14(17)15(18)7-10/h3,5,7,9,11-13,16H,4,6,8H2,1-2H3/b19-9+/t11-,12-,13?,16?/m1/s1/i1-1. The van der Waals surface area contributed by atoms with Crippen LogP contribution in [0.3, 0.4) is 0 Å². The van der Waals surface area contributed by atoms with Crippen molar-refractivity contribution in [1.82, 2.24) is 4.90 Å². The number of hydrogen-bond acceptors (Lipinski definition) is 3. The topological polar surface area (TPSA) is 24.8 Å². The third kappa shape index (κ3) is 2.79. The fraction of sp³-hybridized carbons (Fsp3) is 0.562. The van der Waals surface area contributed by atoms with Gasteiger partial charge in [-0.05, 0) is 49.9 Å². The van der Waals surface area contributed by atoms with Crippen molar-refractivity contribution in [3.63, 3.8) is 0 Å². The average Bonchev–Trinajstić information content (AvgIpc) is 2.72. The summed E-state index contributed by atoms with van der Waals surface area (Å²) in [6, 6.07) is 7.18. The number of piperidine rings is 1. The molecule has 1 aromatic rings. The third-order valence-corrected chi connectivity index (χ3v) is 5.78. The molecule has 3 nitrogen and oxygen atoms in total. The highest BCUT2D eigenvalue weighted by molar-refractivity contribution is 6.42. The van der Waals surface area contributed by atoms with Gasteiger partial charge in [0.25, 0.3) is 0 Å². The Morgan fingerprint density at radius 1 is 1.29 bits per heavy atom. The maximum Gasteiger partial charge on any atom is 0.106 e. The zero-order chi connectivity index (χ0) is 15.0. The molecule has 3 rings (SSSR count). The van der Waals surface area contributed by atoms with E-state index in [4.69, 9.17) is 28.0 Å². The molecule has 5 heteroatoms. The molecule has 114 valence electrons. The summed E-state index contributed by atoms with van der Waals surface area (Å²) in [5.74, 6) is 0.776. The molecular formula is C16H20Cl2N2O. The van der Waals surface area contributed by atoms with Crippen molar-refractivity contribution in [3.8, 4) is 0 Å². The third-order valence-electron chi connectivity index (χ3n) is 5.04. The van der Waals surface area contributed by atoms with E-state index in [-0.39, 0.29) is 0 Å².